The van der Waals surface area contributed by atoms with Crippen molar-refractivity contribution in [3.8, 4) is 5.75 Å². The second-order valence-corrected chi connectivity index (χ2v) is 6.08. The Labute approximate surface area is 141 Å². The van der Waals surface area contributed by atoms with Crippen LogP contribution < -0.4 is 10.1 Å². The van der Waals surface area contributed by atoms with Gasteiger partial charge in [0, 0.05) is 44.4 Å². The van der Waals surface area contributed by atoms with Crippen LogP contribution in [0.15, 0.2) is 29.1 Å². The zero-order valence-corrected chi connectivity index (χ0v) is 14.0. The molecule has 0 spiro atoms. The number of hydrogen-bond acceptors (Lipinski definition) is 6. The monoisotopic (exact) mass is 330 g/mol. The lowest BCUT2D eigenvalue weighted by molar-refractivity contribution is -0.119. The first-order valence-corrected chi connectivity index (χ1v) is 8.08. The second-order valence-electron chi connectivity index (χ2n) is 6.08. The maximum Gasteiger partial charge on any atom is 0.217 e. The highest BCUT2D eigenvalue weighted by Gasteiger charge is 2.25. The van der Waals surface area contributed by atoms with Crippen LogP contribution in [-0.2, 0) is 17.9 Å². The van der Waals surface area contributed by atoms with Crippen LogP contribution >= 0.6 is 0 Å². The van der Waals surface area contributed by atoms with Crippen molar-refractivity contribution >= 4 is 5.91 Å². The van der Waals surface area contributed by atoms with E-state index in [1.807, 2.05) is 19.1 Å². The molecule has 0 radical (unpaired) electrons. The van der Waals surface area contributed by atoms with E-state index in [4.69, 9.17) is 9.26 Å². The number of hydrogen-bond donors (Lipinski definition) is 1. The molecule has 1 atom stereocenters. The normalized spacial score (nSPS) is 17.8. The minimum Gasteiger partial charge on any atom is -0.489 e. The van der Waals surface area contributed by atoms with Gasteiger partial charge < -0.3 is 14.6 Å². The highest BCUT2D eigenvalue weighted by atomic mass is 16.5. The van der Waals surface area contributed by atoms with Crippen LogP contribution in [0.2, 0.25) is 0 Å². The zero-order valence-electron chi connectivity index (χ0n) is 14.0. The van der Waals surface area contributed by atoms with E-state index < -0.39 is 0 Å². The maximum atomic E-state index is 11.0. The number of pyridine rings is 1. The number of ether oxygens (including phenoxy) is 1. The summed E-state index contributed by atoms with van der Waals surface area (Å²) in [7, 11) is 0. The van der Waals surface area contributed by atoms with E-state index >= 15 is 0 Å². The zero-order chi connectivity index (χ0) is 16.9. The molecule has 0 aromatic carbocycles. The summed E-state index contributed by atoms with van der Waals surface area (Å²) in [6, 6.07) is 3.73. The number of likely N-dealkylation sites (tertiary alicyclic amines) is 1. The van der Waals surface area contributed by atoms with Gasteiger partial charge in [0.25, 0.3) is 0 Å². The lowest BCUT2D eigenvalue weighted by Crippen LogP contribution is -2.25. The summed E-state index contributed by atoms with van der Waals surface area (Å²) in [5, 5.41) is 6.65. The van der Waals surface area contributed by atoms with E-state index in [0.29, 0.717) is 6.54 Å². The molecule has 1 N–H and O–H groups in total. The van der Waals surface area contributed by atoms with Crippen molar-refractivity contribution in [1.82, 2.24) is 20.4 Å². The first kappa shape index (κ1) is 16.4. The number of nitrogens with zero attached hydrogens (tertiary/aromatic N) is 3. The second kappa shape index (κ2) is 7.44. The fourth-order valence-electron chi connectivity index (χ4n) is 2.78. The van der Waals surface area contributed by atoms with Crippen molar-refractivity contribution in [3.05, 3.63) is 41.5 Å². The van der Waals surface area contributed by atoms with Gasteiger partial charge in [0.15, 0.2) is 0 Å². The smallest absolute Gasteiger partial charge is 0.217 e. The Morgan fingerprint density at radius 2 is 2.42 bits per heavy atom. The molecule has 1 fully saturated rings. The Hall–Kier alpha value is -2.41. The van der Waals surface area contributed by atoms with Crippen LogP contribution in [0.4, 0.5) is 0 Å². The molecular weight excluding hydrogens is 308 g/mol. The summed E-state index contributed by atoms with van der Waals surface area (Å²) in [4.78, 5) is 17.6. The Balaban J connectivity index is 1.52. The van der Waals surface area contributed by atoms with E-state index in [2.05, 4.69) is 20.4 Å². The van der Waals surface area contributed by atoms with Crippen molar-refractivity contribution in [2.24, 2.45) is 0 Å². The molecule has 7 heteroatoms. The van der Waals surface area contributed by atoms with Gasteiger partial charge in [-0.05, 0) is 19.4 Å². The molecule has 2 aromatic heterocycles. The Morgan fingerprint density at radius 1 is 1.54 bits per heavy atom. The average Bonchev–Trinajstić information content (AvgIpc) is 3.16. The number of carbonyl (C=O) groups is 1. The van der Waals surface area contributed by atoms with E-state index in [1.54, 1.807) is 12.5 Å². The lowest BCUT2D eigenvalue weighted by atomic mass is 10.2. The van der Waals surface area contributed by atoms with E-state index in [0.717, 1.165) is 48.8 Å². The molecule has 128 valence electrons. The van der Waals surface area contributed by atoms with E-state index in [-0.39, 0.29) is 12.0 Å². The highest BCUT2D eigenvalue weighted by molar-refractivity contribution is 5.72. The van der Waals surface area contributed by atoms with Gasteiger partial charge in [0.2, 0.25) is 5.91 Å². The van der Waals surface area contributed by atoms with Crippen LogP contribution in [0, 0.1) is 6.92 Å². The molecular formula is C17H22N4O3. The van der Waals surface area contributed by atoms with Gasteiger partial charge >= 0.3 is 0 Å². The number of nitrogens with one attached hydrogen (secondary N) is 1. The number of aromatic nitrogens is 2. The maximum absolute atomic E-state index is 11.0. The van der Waals surface area contributed by atoms with Crippen LogP contribution in [0.5, 0.6) is 5.75 Å². The van der Waals surface area contributed by atoms with E-state index in [1.165, 1.54) is 6.92 Å². The van der Waals surface area contributed by atoms with Crippen LogP contribution in [0.25, 0.3) is 0 Å². The fourth-order valence-corrected chi connectivity index (χ4v) is 2.78. The first-order chi connectivity index (χ1) is 11.6. The topological polar surface area (TPSA) is 80.5 Å². The molecule has 3 heterocycles. The summed E-state index contributed by atoms with van der Waals surface area (Å²) < 4.78 is 11.1. The van der Waals surface area contributed by atoms with E-state index in [9.17, 15) is 4.79 Å². The molecule has 0 bridgehead atoms. The molecule has 1 aliphatic heterocycles. The Morgan fingerprint density at radius 3 is 3.17 bits per heavy atom. The summed E-state index contributed by atoms with van der Waals surface area (Å²) in [6.45, 7) is 6.55. The molecule has 1 amide bonds. The summed E-state index contributed by atoms with van der Waals surface area (Å²) in [5.74, 6) is 0.719. The van der Waals surface area contributed by atoms with Gasteiger partial charge in [-0.3, -0.25) is 14.7 Å². The van der Waals surface area contributed by atoms with Gasteiger partial charge in [-0.15, -0.1) is 0 Å². The van der Waals surface area contributed by atoms with Crippen molar-refractivity contribution in [2.45, 2.75) is 39.5 Å². The quantitative estimate of drug-likeness (QED) is 0.868. The molecule has 2 aromatic rings. The molecule has 3 rings (SSSR count). The predicted molar refractivity (Wildman–Crippen MR) is 87.3 cm³/mol. The number of amides is 1. The minimum atomic E-state index is -0.0708. The summed E-state index contributed by atoms with van der Waals surface area (Å²) >= 11 is 0. The third kappa shape index (κ3) is 4.32. The summed E-state index contributed by atoms with van der Waals surface area (Å²) in [5.41, 5.74) is 2.85. The molecule has 7 nitrogen and oxygen atoms in total. The lowest BCUT2D eigenvalue weighted by Gasteiger charge is -2.16. The van der Waals surface area contributed by atoms with Crippen molar-refractivity contribution in [3.63, 3.8) is 0 Å². The van der Waals surface area contributed by atoms with Crippen molar-refractivity contribution in [2.75, 3.05) is 13.1 Å². The minimum absolute atomic E-state index is 0.0708. The van der Waals surface area contributed by atoms with Gasteiger partial charge in [0.05, 0.1) is 17.9 Å². The molecule has 0 saturated carbocycles. The van der Waals surface area contributed by atoms with Crippen LogP contribution in [-0.4, -0.2) is 40.1 Å². The van der Waals surface area contributed by atoms with Gasteiger partial charge in [0.1, 0.15) is 18.1 Å². The third-order valence-corrected chi connectivity index (χ3v) is 4.08. The van der Waals surface area contributed by atoms with Gasteiger partial charge in [-0.1, -0.05) is 5.16 Å². The molecule has 1 saturated heterocycles. The number of rotatable bonds is 6. The fraction of sp³-hybridized carbons (Fsp3) is 0.471. The Kier molecular flexibility index (Phi) is 5.10. The largest absolute Gasteiger partial charge is 0.489 e. The SMILES string of the molecule is CC(=O)NCc1cc(OC2CCN(Cc3conc3C)C2)ccn1. The van der Waals surface area contributed by atoms with Crippen molar-refractivity contribution in [1.29, 1.82) is 0 Å². The van der Waals surface area contributed by atoms with Crippen LogP contribution in [0.1, 0.15) is 30.3 Å². The van der Waals surface area contributed by atoms with Gasteiger partial charge in [-0.25, -0.2) is 0 Å². The average molecular weight is 330 g/mol. The number of carbonyl (C=O) groups excluding carboxylic acids is 1. The standard InChI is InChI=1S/C17H22N4O3/c1-12-14(11-23-20-12)9-21-6-4-17(10-21)24-16-3-5-18-15(7-16)8-19-13(2)22/h3,5,7,11,17H,4,6,8-10H2,1-2H3,(H,19,22). The first-order valence-electron chi connectivity index (χ1n) is 8.08. The van der Waals surface area contributed by atoms with Crippen molar-refractivity contribution < 1.29 is 14.1 Å². The third-order valence-electron chi connectivity index (χ3n) is 4.08. The highest BCUT2D eigenvalue weighted by Crippen LogP contribution is 2.21. The Bertz CT molecular complexity index is 701. The summed E-state index contributed by atoms with van der Waals surface area (Å²) in [6.07, 6.45) is 4.55. The molecule has 1 unspecified atom stereocenters. The van der Waals surface area contributed by atoms with Crippen LogP contribution in [0.3, 0.4) is 0 Å². The molecule has 0 aliphatic carbocycles. The number of aryl methyl sites for hydroxylation is 1. The van der Waals surface area contributed by atoms with Gasteiger partial charge in [-0.2, -0.15) is 0 Å². The predicted octanol–water partition coefficient (Wildman–Crippen LogP) is 1.67. The molecule has 24 heavy (non-hydrogen) atoms. The molecule has 1 aliphatic rings.